The van der Waals surface area contributed by atoms with Gasteiger partial charge in [0.1, 0.15) is 31.3 Å². The smallest absolute Gasteiger partial charge is 0.185 e. The molecular formula is C27H21NO5. The first-order valence-corrected chi connectivity index (χ1v) is 10.6. The van der Waals surface area contributed by atoms with E-state index in [0.29, 0.717) is 41.7 Å². The Morgan fingerprint density at radius 1 is 0.909 bits per heavy atom. The summed E-state index contributed by atoms with van der Waals surface area (Å²) in [5.41, 5.74) is 3.14. The molecule has 4 aromatic rings. The topological polar surface area (TPSA) is 70.8 Å². The van der Waals surface area contributed by atoms with Gasteiger partial charge in [0.25, 0.3) is 0 Å². The van der Waals surface area contributed by atoms with Gasteiger partial charge in [-0.2, -0.15) is 0 Å². The third-order valence-electron chi connectivity index (χ3n) is 5.14. The van der Waals surface area contributed by atoms with E-state index in [1.54, 1.807) is 36.4 Å². The van der Waals surface area contributed by atoms with Crippen molar-refractivity contribution >= 4 is 11.9 Å². The molecule has 33 heavy (non-hydrogen) atoms. The summed E-state index contributed by atoms with van der Waals surface area (Å²) in [6.45, 7) is 1.30. The van der Waals surface area contributed by atoms with Crippen molar-refractivity contribution in [2.45, 2.75) is 6.61 Å². The Hall–Kier alpha value is -4.32. The Morgan fingerprint density at radius 2 is 1.70 bits per heavy atom. The summed E-state index contributed by atoms with van der Waals surface area (Å²) in [5, 5.41) is 4.13. The number of fused-ring (bicyclic) bond motifs is 1. The maximum Gasteiger partial charge on any atom is 0.185 e. The molecule has 3 aromatic carbocycles. The van der Waals surface area contributed by atoms with E-state index in [-0.39, 0.29) is 12.4 Å². The molecule has 1 aliphatic rings. The second-order valence-electron chi connectivity index (χ2n) is 7.46. The van der Waals surface area contributed by atoms with Gasteiger partial charge in [0.2, 0.25) is 0 Å². The summed E-state index contributed by atoms with van der Waals surface area (Å²) in [6, 6.07) is 24.2. The normalized spacial score (nSPS) is 12.6. The first-order chi connectivity index (χ1) is 16.2. The van der Waals surface area contributed by atoms with E-state index in [1.165, 1.54) is 0 Å². The highest BCUT2D eigenvalue weighted by molar-refractivity contribution is 6.06. The number of nitrogens with zero attached hydrogens (tertiary/aromatic N) is 1. The molecule has 0 atom stereocenters. The molecule has 164 valence electrons. The minimum absolute atomic E-state index is 0.0651. The quantitative estimate of drug-likeness (QED) is 0.276. The van der Waals surface area contributed by atoms with Crippen LogP contribution in [0.4, 0.5) is 0 Å². The fourth-order valence-corrected chi connectivity index (χ4v) is 3.42. The van der Waals surface area contributed by atoms with Crippen LogP contribution in [0.1, 0.15) is 21.7 Å². The van der Waals surface area contributed by atoms with Crippen LogP contribution >= 0.6 is 0 Å². The molecule has 2 heterocycles. The molecule has 0 saturated carbocycles. The Bertz CT molecular complexity index is 1280. The number of carbonyl (C=O) groups excluding carboxylic acids is 1. The molecule has 0 unspecified atom stereocenters. The van der Waals surface area contributed by atoms with Gasteiger partial charge in [-0.1, -0.05) is 41.6 Å². The second kappa shape index (κ2) is 9.44. The number of aromatic nitrogens is 1. The average Bonchev–Trinajstić information content (AvgIpc) is 3.36. The third kappa shape index (κ3) is 4.96. The van der Waals surface area contributed by atoms with Crippen molar-refractivity contribution < 1.29 is 23.5 Å². The number of benzene rings is 3. The van der Waals surface area contributed by atoms with Gasteiger partial charge in [-0.25, -0.2) is 0 Å². The summed E-state index contributed by atoms with van der Waals surface area (Å²) in [5.74, 6) is 2.59. The lowest BCUT2D eigenvalue weighted by molar-refractivity contribution is 0.104. The van der Waals surface area contributed by atoms with Crippen LogP contribution in [0.25, 0.3) is 17.3 Å². The molecule has 0 bridgehead atoms. The van der Waals surface area contributed by atoms with Gasteiger partial charge in [0.15, 0.2) is 23.0 Å². The number of hydrogen-bond donors (Lipinski definition) is 0. The molecule has 5 rings (SSSR count). The lowest BCUT2D eigenvalue weighted by Crippen LogP contribution is -2.15. The Labute approximate surface area is 191 Å². The maximum absolute atomic E-state index is 12.4. The predicted molar refractivity (Wildman–Crippen MR) is 124 cm³/mol. The second-order valence-corrected chi connectivity index (χ2v) is 7.46. The molecule has 0 amide bonds. The standard InChI is InChI=1S/C27H21NO5/c29-25(12-6-19-4-2-1-3-5-19)20-7-10-22(11-8-20)32-18-23-17-24(28-33-23)21-9-13-26-27(16-21)31-15-14-30-26/h1-13,16-17H,14-15,18H2/b12-6+. The zero-order valence-electron chi connectivity index (χ0n) is 17.8. The number of ether oxygens (including phenoxy) is 3. The van der Waals surface area contributed by atoms with E-state index < -0.39 is 0 Å². The lowest BCUT2D eigenvalue weighted by atomic mass is 10.1. The molecular weight excluding hydrogens is 418 g/mol. The van der Waals surface area contributed by atoms with Crippen LogP contribution in [0.2, 0.25) is 0 Å². The van der Waals surface area contributed by atoms with Crippen molar-refractivity contribution in [3.63, 3.8) is 0 Å². The van der Waals surface area contributed by atoms with Crippen LogP contribution in [0, 0.1) is 0 Å². The first-order valence-electron chi connectivity index (χ1n) is 10.6. The van der Waals surface area contributed by atoms with Crippen LogP contribution < -0.4 is 14.2 Å². The molecule has 0 radical (unpaired) electrons. The lowest BCUT2D eigenvalue weighted by Gasteiger charge is -2.18. The van der Waals surface area contributed by atoms with Crippen LogP contribution in [-0.2, 0) is 6.61 Å². The van der Waals surface area contributed by atoms with Crippen LogP contribution in [0.3, 0.4) is 0 Å². The molecule has 6 nitrogen and oxygen atoms in total. The van der Waals surface area contributed by atoms with E-state index in [1.807, 2.05) is 54.6 Å². The van der Waals surface area contributed by atoms with Crippen molar-refractivity contribution in [3.8, 4) is 28.5 Å². The highest BCUT2D eigenvalue weighted by Gasteiger charge is 2.14. The minimum Gasteiger partial charge on any atom is -0.486 e. The third-order valence-corrected chi connectivity index (χ3v) is 5.14. The fraction of sp³-hybridized carbons (Fsp3) is 0.111. The number of carbonyl (C=O) groups is 1. The number of rotatable bonds is 7. The first kappa shape index (κ1) is 20.6. The van der Waals surface area contributed by atoms with E-state index >= 15 is 0 Å². The van der Waals surface area contributed by atoms with Gasteiger partial charge < -0.3 is 18.7 Å². The van der Waals surface area contributed by atoms with E-state index in [0.717, 1.165) is 16.9 Å². The van der Waals surface area contributed by atoms with Crippen molar-refractivity contribution in [1.82, 2.24) is 5.16 Å². The van der Waals surface area contributed by atoms with Gasteiger partial charge in [0.05, 0.1) is 0 Å². The molecule has 0 saturated heterocycles. The minimum atomic E-state index is -0.0651. The molecule has 0 fully saturated rings. The zero-order chi connectivity index (χ0) is 22.5. The summed E-state index contributed by atoms with van der Waals surface area (Å²) in [4.78, 5) is 12.4. The predicted octanol–water partition coefficient (Wildman–Crippen LogP) is 5.59. The monoisotopic (exact) mass is 439 g/mol. The van der Waals surface area contributed by atoms with Crippen molar-refractivity contribution in [2.75, 3.05) is 13.2 Å². The van der Waals surface area contributed by atoms with E-state index in [2.05, 4.69) is 5.16 Å². The number of ketones is 1. The Morgan fingerprint density at radius 3 is 2.52 bits per heavy atom. The van der Waals surface area contributed by atoms with Crippen LogP contribution in [0.5, 0.6) is 17.2 Å². The zero-order valence-corrected chi connectivity index (χ0v) is 17.8. The van der Waals surface area contributed by atoms with Crippen LogP contribution in [-0.4, -0.2) is 24.2 Å². The largest absolute Gasteiger partial charge is 0.486 e. The van der Waals surface area contributed by atoms with Gasteiger partial charge in [0, 0.05) is 17.2 Å². The van der Waals surface area contributed by atoms with Gasteiger partial charge >= 0.3 is 0 Å². The van der Waals surface area contributed by atoms with Crippen molar-refractivity contribution in [2.24, 2.45) is 0 Å². The van der Waals surface area contributed by atoms with Crippen LogP contribution in [0.15, 0.2) is 89.5 Å². The molecule has 1 aromatic heterocycles. The molecule has 6 heteroatoms. The summed E-state index contributed by atoms with van der Waals surface area (Å²) in [6.07, 6.45) is 3.37. The highest BCUT2D eigenvalue weighted by atomic mass is 16.6. The molecule has 1 aliphatic heterocycles. The fourth-order valence-electron chi connectivity index (χ4n) is 3.42. The Balaban J connectivity index is 1.19. The van der Waals surface area contributed by atoms with E-state index in [4.69, 9.17) is 18.7 Å². The highest BCUT2D eigenvalue weighted by Crippen LogP contribution is 2.34. The van der Waals surface area contributed by atoms with Gasteiger partial charge in [-0.15, -0.1) is 0 Å². The summed E-state index contributed by atoms with van der Waals surface area (Å²) in [7, 11) is 0. The summed E-state index contributed by atoms with van der Waals surface area (Å²) >= 11 is 0. The summed E-state index contributed by atoms with van der Waals surface area (Å²) < 4.78 is 22.4. The van der Waals surface area contributed by atoms with Crippen molar-refractivity contribution in [3.05, 3.63) is 102 Å². The number of allylic oxidation sites excluding steroid dienone is 1. The number of hydrogen-bond acceptors (Lipinski definition) is 6. The Kier molecular flexibility index (Phi) is 5.89. The molecule has 0 aliphatic carbocycles. The van der Waals surface area contributed by atoms with Gasteiger partial charge in [-0.3, -0.25) is 4.79 Å². The SMILES string of the molecule is O=C(/C=C/c1ccccc1)c1ccc(OCc2cc(-c3ccc4c(c3)OCCO4)no2)cc1. The van der Waals surface area contributed by atoms with Gasteiger partial charge in [-0.05, 0) is 54.1 Å². The average molecular weight is 439 g/mol. The molecule has 0 spiro atoms. The molecule has 0 N–H and O–H groups in total. The maximum atomic E-state index is 12.4. The van der Waals surface area contributed by atoms with E-state index in [9.17, 15) is 4.79 Å². The van der Waals surface area contributed by atoms with Crippen molar-refractivity contribution in [1.29, 1.82) is 0 Å².